The molecule has 3 rings (SSSR count). The Morgan fingerprint density at radius 3 is 2.22 bits per heavy atom. The van der Waals surface area contributed by atoms with Crippen LogP contribution in [0.5, 0.6) is 0 Å². The van der Waals surface area contributed by atoms with Crippen LogP contribution in [-0.4, -0.2) is 53.6 Å². The number of aryl methyl sites for hydroxylation is 1. The number of halogens is 3. The largest absolute Gasteiger partial charge is 0.390 e. The van der Waals surface area contributed by atoms with Crippen LogP contribution in [0.2, 0.25) is 0 Å². The second-order valence-corrected chi connectivity index (χ2v) is 11.5. The van der Waals surface area contributed by atoms with Crippen LogP contribution in [0.25, 0.3) is 0 Å². The first-order valence-corrected chi connectivity index (χ1v) is 15.0. The van der Waals surface area contributed by atoms with Gasteiger partial charge in [-0.25, -0.2) is 8.78 Å². The number of hydrogen-bond acceptors (Lipinski definition) is 4. The predicted molar refractivity (Wildman–Crippen MR) is 166 cm³/mol. The molecule has 0 saturated carbocycles. The van der Waals surface area contributed by atoms with Crippen molar-refractivity contribution in [1.82, 2.24) is 15.5 Å². The van der Waals surface area contributed by atoms with Gasteiger partial charge in [0, 0.05) is 46.9 Å². The van der Waals surface area contributed by atoms with E-state index in [-0.39, 0.29) is 24.4 Å². The Morgan fingerprint density at radius 2 is 1.59 bits per heavy atom. The average Bonchev–Trinajstić information content (AvgIpc) is 2.91. The van der Waals surface area contributed by atoms with E-state index in [0.29, 0.717) is 30.8 Å². The van der Waals surface area contributed by atoms with E-state index in [2.05, 4.69) is 33.2 Å². The van der Waals surface area contributed by atoms with Crippen molar-refractivity contribution in [3.8, 4) is 0 Å². The van der Waals surface area contributed by atoms with Crippen molar-refractivity contribution in [3.05, 3.63) is 104 Å². The lowest BCUT2D eigenvalue weighted by atomic mass is 9.99. The number of nitrogens with one attached hydrogen (secondary N) is 2. The summed E-state index contributed by atoms with van der Waals surface area (Å²) in [4.78, 5) is 28.4. The van der Waals surface area contributed by atoms with Gasteiger partial charge in [-0.15, -0.1) is 0 Å². The highest BCUT2D eigenvalue weighted by Gasteiger charge is 2.24. The molecule has 3 aromatic carbocycles. The summed E-state index contributed by atoms with van der Waals surface area (Å²) in [7, 11) is 0. The van der Waals surface area contributed by atoms with Crippen molar-refractivity contribution in [2.45, 2.75) is 58.7 Å². The van der Waals surface area contributed by atoms with E-state index in [1.54, 1.807) is 23.1 Å². The van der Waals surface area contributed by atoms with Crippen molar-refractivity contribution in [1.29, 1.82) is 0 Å². The highest BCUT2D eigenvalue weighted by atomic mass is 127. The molecule has 0 aromatic heterocycles. The number of benzene rings is 3. The molecule has 9 heteroatoms. The van der Waals surface area contributed by atoms with Gasteiger partial charge in [0.15, 0.2) is 0 Å². The third-order valence-corrected chi connectivity index (χ3v) is 7.26. The molecule has 0 bridgehead atoms. The van der Waals surface area contributed by atoms with E-state index in [1.165, 1.54) is 12.1 Å². The minimum Gasteiger partial charge on any atom is -0.390 e. The van der Waals surface area contributed by atoms with Gasteiger partial charge >= 0.3 is 0 Å². The van der Waals surface area contributed by atoms with Crippen molar-refractivity contribution in [3.63, 3.8) is 0 Å². The Balaban J connectivity index is 1.81. The van der Waals surface area contributed by atoms with E-state index in [4.69, 9.17) is 0 Å². The van der Waals surface area contributed by atoms with E-state index in [1.807, 2.05) is 45.0 Å². The van der Waals surface area contributed by atoms with Crippen LogP contribution in [0, 0.1) is 22.1 Å². The molecule has 0 aliphatic heterocycles. The number of aliphatic hydroxyl groups is 1. The second-order valence-electron chi connectivity index (χ2n) is 10.3. The average molecular weight is 678 g/mol. The van der Waals surface area contributed by atoms with Crippen LogP contribution < -0.4 is 10.6 Å². The minimum atomic E-state index is -1.07. The van der Waals surface area contributed by atoms with Crippen LogP contribution in [0.15, 0.2) is 60.7 Å². The monoisotopic (exact) mass is 677 g/mol. The third-order valence-electron chi connectivity index (χ3n) is 6.59. The van der Waals surface area contributed by atoms with E-state index in [9.17, 15) is 23.5 Å². The quantitative estimate of drug-likeness (QED) is 0.193. The third kappa shape index (κ3) is 10.2. The fourth-order valence-corrected chi connectivity index (χ4v) is 5.35. The maximum absolute atomic E-state index is 13.9. The highest BCUT2D eigenvalue weighted by Crippen LogP contribution is 2.16. The van der Waals surface area contributed by atoms with Gasteiger partial charge < -0.3 is 20.6 Å². The van der Waals surface area contributed by atoms with Gasteiger partial charge in [0.2, 0.25) is 0 Å². The van der Waals surface area contributed by atoms with Crippen molar-refractivity contribution in [2.75, 3.05) is 19.6 Å². The molecule has 41 heavy (non-hydrogen) atoms. The first-order valence-electron chi connectivity index (χ1n) is 13.9. The molecular formula is C32H38F2IN3O3. The standard InChI is InChI=1S/C32H38F2IN3O3/c1-4-9-38(10-5-2)32(41)25-12-21(3)11-24(17-25)31(40)37-29(16-23-13-26(33)18-27(34)14-23)30(39)20-36-19-22-7-6-8-28(35)15-22/h6-8,11-15,17-18,29-30,36,39H,4-5,9-10,16,19-20H2,1-3H3,(H,37,40). The molecule has 6 nitrogen and oxygen atoms in total. The molecule has 2 atom stereocenters. The van der Waals surface area contributed by atoms with Gasteiger partial charge in [0.05, 0.1) is 12.1 Å². The molecule has 0 heterocycles. The molecule has 0 fully saturated rings. The van der Waals surface area contributed by atoms with Crippen LogP contribution in [0.4, 0.5) is 8.78 Å². The zero-order valence-electron chi connectivity index (χ0n) is 23.7. The molecule has 3 aromatic rings. The van der Waals surface area contributed by atoms with Gasteiger partial charge in [0.1, 0.15) is 11.6 Å². The summed E-state index contributed by atoms with van der Waals surface area (Å²) in [6, 6.07) is 15.2. The lowest BCUT2D eigenvalue weighted by molar-refractivity contribution is 0.0755. The first kappa shape index (κ1) is 32.6. The van der Waals surface area contributed by atoms with Crippen LogP contribution in [-0.2, 0) is 13.0 Å². The summed E-state index contributed by atoms with van der Waals surface area (Å²) in [5, 5.41) is 17.1. The Kier molecular flexibility index (Phi) is 12.7. The number of rotatable bonds is 14. The smallest absolute Gasteiger partial charge is 0.253 e. The normalized spacial score (nSPS) is 12.6. The summed E-state index contributed by atoms with van der Waals surface area (Å²) < 4.78 is 28.9. The maximum atomic E-state index is 13.9. The summed E-state index contributed by atoms with van der Waals surface area (Å²) >= 11 is 2.23. The lowest BCUT2D eigenvalue weighted by Crippen LogP contribution is -2.48. The molecule has 0 spiro atoms. The number of nitrogens with zero attached hydrogens (tertiary/aromatic N) is 1. The Hall–Kier alpha value is -2.89. The summed E-state index contributed by atoms with van der Waals surface area (Å²) in [5.41, 5.74) is 2.78. The molecule has 0 radical (unpaired) electrons. The summed E-state index contributed by atoms with van der Waals surface area (Å²) in [5.74, 6) is -2.10. The number of amides is 2. The SMILES string of the molecule is CCCN(CCC)C(=O)c1cc(C)cc(C(=O)NC(Cc2cc(F)cc(F)c2)C(O)CNCc2cccc(I)c2)c1. The van der Waals surface area contributed by atoms with Gasteiger partial charge in [-0.1, -0.05) is 26.0 Å². The number of carbonyl (C=O) groups excluding carboxylic acids is 2. The number of aliphatic hydroxyl groups excluding tert-OH is 1. The van der Waals surface area contributed by atoms with Gasteiger partial charge in [0.25, 0.3) is 11.8 Å². The molecule has 0 saturated heterocycles. The summed E-state index contributed by atoms with van der Waals surface area (Å²) in [6.07, 6.45) is 0.583. The fourth-order valence-electron chi connectivity index (χ4n) is 4.75. The van der Waals surface area contributed by atoms with E-state index in [0.717, 1.165) is 33.6 Å². The molecule has 3 N–H and O–H groups in total. The Morgan fingerprint density at radius 1 is 0.927 bits per heavy atom. The Bertz CT molecular complexity index is 1310. The van der Waals surface area contributed by atoms with Gasteiger partial charge in [-0.2, -0.15) is 0 Å². The molecular weight excluding hydrogens is 639 g/mol. The van der Waals surface area contributed by atoms with Crippen molar-refractivity contribution in [2.24, 2.45) is 0 Å². The fraction of sp³-hybridized carbons (Fsp3) is 0.375. The summed E-state index contributed by atoms with van der Waals surface area (Å²) in [6.45, 7) is 7.71. The molecule has 220 valence electrons. The lowest BCUT2D eigenvalue weighted by Gasteiger charge is -2.25. The van der Waals surface area contributed by atoms with E-state index >= 15 is 0 Å². The number of hydrogen-bond donors (Lipinski definition) is 3. The van der Waals surface area contributed by atoms with Gasteiger partial charge in [-0.3, -0.25) is 9.59 Å². The van der Waals surface area contributed by atoms with Crippen LogP contribution in [0.3, 0.4) is 0 Å². The van der Waals surface area contributed by atoms with Crippen LogP contribution in [0.1, 0.15) is 64.1 Å². The maximum Gasteiger partial charge on any atom is 0.253 e. The molecule has 2 amide bonds. The second kappa shape index (κ2) is 15.9. The highest BCUT2D eigenvalue weighted by molar-refractivity contribution is 14.1. The first-order chi connectivity index (χ1) is 19.6. The molecule has 2 unspecified atom stereocenters. The topological polar surface area (TPSA) is 81.7 Å². The van der Waals surface area contributed by atoms with Crippen molar-refractivity contribution >= 4 is 34.4 Å². The molecule has 0 aliphatic rings. The molecule has 0 aliphatic carbocycles. The zero-order chi connectivity index (χ0) is 29.9. The minimum absolute atomic E-state index is 0.00484. The number of carbonyl (C=O) groups is 2. The van der Waals surface area contributed by atoms with Crippen molar-refractivity contribution < 1.29 is 23.5 Å². The Labute approximate surface area is 254 Å². The zero-order valence-corrected chi connectivity index (χ0v) is 25.9. The predicted octanol–water partition coefficient (Wildman–Crippen LogP) is 5.63. The van der Waals surface area contributed by atoms with Gasteiger partial charge in [-0.05, 0) is 108 Å². The van der Waals surface area contributed by atoms with E-state index < -0.39 is 29.7 Å². The van der Waals surface area contributed by atoms with Crippen LogP contribution >= 0.6 is 22.6 Å².